The minimum atomic E-state index is 0.956. The topological polar surface area (TPSA) is 20.5 Å². The first-order valence-corrected chi connectivity index (χ1v) is 6.86. The lowest BCUT2D eigenvalue weighted by Gasteiger charge is -2.17. The van der Waals surface area contributed by atoms with Crippen LogP contribution in [0.25, 0.3) is 16.9 Å². The van der Waals surface area contributed by atoms with Crippen LogP contribution in [0.1, 0.15) is 0 Å². The van der Waals surface area contributed by atoms with Crippen molar-refractivity contribution in [3.63, 3.8) is 0 Å². The number of imidazole rings is 1. The zero-order valence-corrected chi connectivity index (χ0v) is 12.4. The van der Waals surface area contributed by atoms with E-state index in [1.165, 1.54) is 0 Å². The van der Waals surface area contributed by atoms with Crippen molar-refractivity contribution in [2.24, 2.45) is 0 Å². The van der Waals surface area contributed by atoms with Gasteiger partial charge in [-0.05, 0) is 24.3 Å². The van der Waals surface area contributed by atoms with Crippen LogP contribution in [0, 0.1) is 0 Å². The van der Waals surface area contributed by atoms with Gasteiger partial charge in [0.15, 0.2) is 0 Å². The van der Waals surface area contributed by atoms with Crippen LogP contribution in [0.5, 0.6) is 0 Å². The van der Waals surface area contributed by atoms with Crippen molar-refractivity contribution in [2.45, 2.75) is 0 Å². The van der Waals surface area contributed by atoms with Gasteiger partial charge in [-0.25, -0.2) is 4.98 Å². The van der Waals surface area contributed by atoms with Crippen LogP contribution >= 0.6 is 15.9 Å². The average Bonchev–Trinajstić information content (AvgIpc) is 2.81. The average molecular weight is 316 g/mol. The molecule has 0 bridgehead atoms. The van der Waals surface area contributed by atoms with E-state index >= 15 is 0 Å². The SMILES string of the molecule is CN(C)c1cccc(Br)c1-c1cn2ccccc2n1. The van der Waals surface area contributed by atoms with Crippen molar-refractivity contribution in [3.05, 3.63) is 53.3 Å². The summed E-state index contributed by atoms with van der Waals surface area (Å²) < 4.78 is 3.09. The van der Waals surface area contributed by atoms with E-state index in [4.69, 9.17) is 4.98 Å². The summed E-state index contributed by atoms with van der Waals surface area (Å²) in [5, 5.41) is 0. The van der Waals surface area contributed by atoms with E-state index in [1.807, 2.05) is 55.0 Å². The molecule has 1 aromatic carbocycles. The molecular weight excluding hydrogens is 302 g/mol. The normalized spacial score (nSPS) is 10.9. The van der Waals surface area contributed by atoms with Gasteiger partial charge >= 0.3 is 0 Å². The van der Waals surface area contributed by atoms with Crippen LogP contribution in [0.3, 0.4) is 0 Å². The Morgan fingerprint density at radius 3 is 2.68 bits per heavy atom. The second-order valence-corrected chi connectivity index (χ2v) is 5.47. The van der Waals surface area contributed by atoms with Gasteiger partial charge in [-0.3, -0.25) is 0 Å². The van der Waals surface area contributed by atoms with Gasteiger partial charge in [-0.1, -0.05) is 28.1 Å². The molecule has 19 heavy (non-hydrogen) atoms. The lowest BCUT2D eigenvalue weighted by molar-refractivity contribution is 1.13. The highest BCUT2D eigenvalue weighted by Gasteiger charge is 2.13. The van der Waals surface area contributed by atoms with E-state index in [9.17, 15) is 0 Å². The number of benzene rings is 1. The Balaban J connectivity index is 2.26. The summed E-state index contributed by atoms with van der Waals surface area (Å²) in [5.41, 5.74) is 4.20. The highest BCUT2D eigenvalue weighted by molar-refractivity contribution is 9.10. The maximum absolute atomic E-state index is 4.69. The molecule has 0 saturated heterocycles. The van der Waals surface area contributed by atoms with Gasteiger partial charge in [-0.2, -0.15) is 0 Å². The highest BCUT2D eigenvalue weighted by Crippen LogP contribution is 2.35. The maximum atomic E-state index is 4.69. The van der Waals surface area contributed by atoms with Crippen LogP contribution in [0.4, 0.5) is 5.69 Å². The van der Waals surface area contributed by atoms with E-state index in [-0.39, 0.29) is 0 Å². The molecule has 3 nitrogen and oxygen atoms in total. The number of pyridine rings is 1. The van der Waals surface area contributed by atoms with Crippen molar-refractivity contribution in [3.8, 4) is 11.3 Å². The Hall–Kier alpha value is -1.81. The van der Waals surface area contributed by atoms with Crippen LogP contribution in [-0.4, -0.2) is 23.5 Å². The van der Waals surface area contributed by atoms with Crippen molar-refractivity contribution in [1.29, 1.82) is 0 Å². The second kappa shape index (κ2) is 4.70. The lowest BCUT2D eigenvalue weighted by atomic mass is 10.1. The van der Waals surface area contributed by atoms with Crippen LogP contribution in [0.15, 0.2) is 53.3 Å². The van der Waals surface area contributed by atoms with Gasteiger partial charge in [0.25, 0.3) is 0 Å². The fourth-order valence-electron chi connectivity index (χ4n) is 2.19. The molecule has 0 atom stereocenters. The first kappa shape index (κ1) is 12.2. The lowest BCUT2D eigenvalue weighted by Crippen LogP contribution is -2.10. The number of rotatable bonds is 2. The maximum Gasteiger partial charge on any atom is 0.137 e. The summed E-state index contributed by atoms with van der Waals surface area (Å²) in [4.78, 5) is 6.79. The van der Waals surface area contributed by atoms with E-state index < -0.39 is 0 Å². The third kappa shape index (κ3) is 2.12. The van der Waals surface area contributed by atoms with Crippen molar-refractivity contribution < 1.29 is 0 Å². The standard InChI is InChI=1S/C15H14BrN3/c1-18(2)13-7-5-6-11(16)15(13)12-10-19-9-4-3-8-14(19)17-12/h3-10H,1-2H3. The Morgan fingerprint density at radius 1 is 1.11 bits per heavy atom. The Kier molecular flexibility index (Phi) is 3.03. The number of hydrogen-bond acceptors (Lipinski definition) is 2. The Morgan fingerprint density at radius 2 is 1.95 bits per heavy atom. The first-order chi connectivity index (χ1) is 9.16. The molecule has 0 radical (unpaired) electrons. The zero-order valence-electron chi connectivity index (χ0n) is 10.8. The predicted octanol–water partition coefficient (Wildman–Crippen LogP) is 3.83. The predicted molar refractivity (Wildman–Crippen MR) is 82.7 cm³/mol. The highest BCUT2D eigenvalue weighted by atomic mass is 79.9. The third-order valence-corrected chi connectivity index (χ3v) is 3.75. The van der Waals surface area contributed by atoms with E-state index in [0.717, 1.165) is 27.1 Å². The van der Waals surface area contributed by atoms with E-state index in [2.05, 4.69) is 33.1 Å². The molecule has 2 heterocycles. The van der Waals surface area contributed by atoms with E-state index in [1.54, 1.807) is 0 Å². The summed E-state index contributed by atoms with van der Waals surface area (Å²) in [7, 11) is 4.09. The van der Waals surface area contributed by atoms with Gasteiger partial charge in [0.1, 0.15) is 5.65 Å². The first-order valence-electron chi connectivity index (χ1n) is 6.07. The zero-order chi connectivity index (χ0) is 13.4. The van der Waals surface area contributed by atoms with Crippen molar-refractivity contribution >= 4 is 27.3 Å². The molecule has 0 saturated carbocycles. The molecule has 3 rings (SSSR count). The largest absolute Gasteiger partial charge is 0.377 e. The van der Waals surface area contributed by atoms with Crippen LogP contribution < -0.4 is 4.90 Å². The minimum absolute atomic E-state index is 0.956. The molecular formula is C15H14BrN3. The number of halogens is 1. The van der Waals surface area contributed by atoms with Crippen LogP contribution in [0.2, 0.25) is 0 Å². The number of anilines is 1. The van der Waals surface area contributed by atoms with Crippen LogP contribution in [-0.2, 0) is 0 Å². The smallest absolute Gasteiger partial charge is 0.137 e. The summed E-state index contributed by atoms with van der Waals surface area (Å²) in [5.74, 6) is 0. The van der Waals surface area contributed by atoms with Crippen molar-refractivity contribution in [1.82, 2.24) is 9.38 Å². The summed E-state index contributed by atoms with van der Waals surface area (Å²) in [6, 6.07) is 12.2. The summed E-state index contributed by atoms with van der Waals surface area (Å²) >= 11 is 3.63. The van der Waals surface area contributed by atoms with E-state index in [0.29, 0.717) is 0 Å². The summed E-state index contributed by atoms with van der Waals surface area (Å²) in [6.45, 7) is 0. The molecule has 96 valence electrons. The Bertz CT molecular complexity index is 698. The number of hydrogen-bond donors (Lipinski definition) is 0. The Labute approximate surface area is 120 Å². The molecule has 0 fully saturated rings. The summed E-state index contributed by atoms with van der Waals surface area (Å²) in [6.07, 6.45) is 4.07. The monoisotopic (exact) mass is 315 g/mol. The molecule has 4 heteroatoms. The fourth-order valence-corrected chi connectivity index (χ4v) is 2.75. The molecule has 3 aromatic rings. The minimum Gasteiger partial charge on any atom is -0.377 e. The number of fused-ring (bicyclic) bond motifs is 1. The van der Waals surface area contributed by atoms with Crippen molar-refractivity contribution in [2.75, 3.05) is 19.0 Å². The molecule has 0 aliphatic heterocycles. The molecule has 0 aliphatic rings. The molecule has 0 N–H and O–H groups in total. The molecule has 0 unspecified atom stereocenters. The molecule has 0 amide bonds. The number of nitrogens with zero attached hydrogens (tertiary/aromatic N) is 3. The fraction of sp³-hybridized carbons (Fsp3) is 0.133. The second-order valence-electron chi connectivity index (χ2n) is 4.62. The number of aromatic nitrogens is 2. The third-order valence-electron chi connectivity index (χ3n) is 3.09. The van der Waals surface area contributed by atoms with Gasteiger partial charge in [0.2, 0.25) is 0 Å². The molecule has 0 aliphatic carbocycles. The molecule has 2 aromatic heterocycles. The van der Waals surface area contributed by atoms with Gasteiger partial charge in [-0.15, -0.1) is 0 Å². The van der Waals surface area contributed by atoms with Gasteiger partial charge in [0, 0.05) is 42.2 Å². The molecule has 0 spiro atoms. The van der Waals surface area contributed by atoms with Gasteiger partial charge in [0.05, 0.1) is 5.69 Å². The quantitative estimate of drug-likeness (QED) is 0.716. The van der Waals surface area contributed by atoms with Gasteiger partial charge < -0.3 is 9.30 Å².